The quantitative estimate of drug-likeness (QED) is 0.812. The summed E-state index contributed by atoms with van der Waals surface area (Å²) in [6, 6.07) is 7.70. The zero-order valence-corrected chi connectivity index (χ0v) is 10.6. The van der Waals surface area contributed by atoms with E-state index in [0.29, 0.717) is 6.04 Å². The Morgan fingerprint density at radius 3 is 3.00 bits per heavy atom. The van der Waals surface area contributed by atoms with Crippen molar-refractivity contribution in [1.29, 1.82) is 0 Å². The highest BCUT2D eigenvalue weighted by atomic mass is 14.9. The number of benzene rings is 1. The molecule has 2 rings (SSSR count). The predicted octanol–water partition coefficient (Wildman–Crippen LogP) is 3.63. The molecule has 0 saturated carbocycles. The fraction of sp³-hybridized carbons (Fsp3) is 0.600. The van der Waals surface area contributed by atoms with Crippen molar-refractivity contribution in [3.8, 4) is 0 Å². The van der Waals surface area contributed by atoms with Crippen LogP contribution in [0.2, 0.25) is 0 Å². The summed E-state index contributed by atoms with van der Waals surface area (Å²) in [6.45, 7) is 2.26. The van der Waals surface area contributed by atoms with E-state index in [9.17, 15) is 0 Å². The second kappa shape index (κ2) is 5.49. The molecule has 1 aliphatic rings. The molecule has 1 atom stereocenters. The third-order valence-electron chi connectivity index (χ3n) is 3.69. The van der Waals surface area contributed by atoms with Gasteiger partial charge in [-0.1, -0.05) is 31.5 Å². The molecule has 1 heteroatoms. The van der Waals surface area contributed by atoms with E-state index < -0.39 is 0 Å². The van der Waals surface area contributed by atoms with Gasteiger partial charge in [0.25, 0.3) is 0 Å². The van der Waals surface area contributed by atoms with E-state index in [1.54, 1.807) is 11.1 Å². The second-order valence-corrected chi connectivity index (χ2v) is 4.87. The standard InChI is InChI=1S/C15H23N/c1-3-4-6-12-9-10-13-7-5-8-15(16-2)14(13)11-12/h9-11,15-16H,3-8H2,1-2H3. The van der Waals surface area contributed by atoms with Crippen molar-refractivity contribution in [2.24, 2.45) is 0 Å². The average molecular weight is 217 g/mol. The first-order valence-corrected chi connectivity index (χ1v) is 6.64. The Labute approximate surface area is 99.3 Å². The summed E-state index contributed by atoms with van der Waals surface area (Å²) < 4.78 is 0. The van der Waals surface area contributed by atoms with Gasteiger partial charge in [-0.3, -0.25) is 0 Å². The molecule has 0 amide bonds. The van der Waals surface area contributed by atoms with Crippen LogP contribution in [0.3, 0.4) is 0 Å². The van der Waals surface area contributed by atoms with Crippen molar-refractivity contribution < 1.29 is 0 Å². The minimum Gasteiger partial charge on any atom is -0.313 e. The van der Waals surface area contributed by atoms with Crippen LogP contribution in [0.5, 0.6) is 0 Å². The predicted molar refractivity (Wildman–Crippen MR) is 69.8 cm³/mol. The molecule has 0 saturated heterocycles. The van der Waals surface area contributed by atoms with E-state index in [1.165, 1.54) is 44.1 Å². The summed E-state index contributed by atoms with van der Waals surface area (Å²) in [5.74, 6) is 0. The van der Waals surface area contributed by atoms with Crippen LogP contribution < -0.4 is 5.32 Å². The van der Waals surface area contributed by atoms with Gasteiger partial charge in [0.15, 0.2) is 0 Å². The molecule has 88 valence electrons. The molecule has 1 N–H and O–H groups in total. The van der Waals surface area contributed by atoms with E-state index in [2.05, 4.69) is 37.5 Å². The fourth-order valence-corrected chi connectivity index (χ4v) is 2.68. The highest BCUT2D eigenvalue weighted by Gasteiger charge is 2.18. The number of hydrogen-bond donors (Lipinski definition) is 1. The van der Waals surface area contributed by atoms with Gasteiger partial charge in [0.2, 0.25) is 0 Å². The van der Waals surface area contributed by atoms with Crippen LogP contribution in [0, 0.1) is 0 Å². The summed E-state index contributed by atoms with van der Waals surface area (Å²) in [7, 11) is 2.08. The van der Waals surface area contributed by atoms with Crippen molar-refractivity contribution in [3.63, 3.8) is 0 Å². The topological polar surface area (TPSA) is 12.0 Å². The van der Waals surface area contributed by atoms with Crippen LogP contribution in [-0.2, 0) is 12.8 Å². The molecule has 1 nitrogen and oxygen atoms in total. The van der Waals surface area contributed by atoms with Gasteiger partial charge in [0, 0.05) is 6.04 Å². The molecule has 0 aliphatic heterocycles. The number of aryl methyl sites for hydroxylation is 2. The highest BCUT2D eigenvalue weighted by molar-refractivity contribution is 5.36. The average Bonchev–Trinajstić information content (AvgIpc) is 2.35. The van der Waals surface area contributed by atoms with Gasteiger partial charge < -0.3 is 5.32 Å². The summed E-state index contributed by atoms with van der Waals surface area (Å²) in [5.41, 5.74) is 4.64. The summed E-state index contributed by atoms with van der Waals surface area (Å²) in [5, 5.41) is 3.44. The van der Waals surface area contributed by atoms with Crippen molar-refractivity contribution in [1.82, 2.24) is 5.32 Å². The van der Waals surface area contributed by atoms with Crippen LogP contribution in [0.4, 0.5) is 0 Å². The van der Waals surface area contributed by atoms with E-state index in [4.69, 9.17) is 0 Å². The molecule has 0 radical (unpaired) electrons. The third-order valence-corrected chi connectivity index (χ3v) is 3.69. The van der Waals surface area contributed by atoms with Crippen LogP contribution in [0.15, 0.2) is 18.2 Å². The SMILES string of the molecule is CCCCc1ccc2c(c1)C(NC)CCC2. The molecule has 1 unspecified atom stereocenters. The summed E-state index contributed by atoms with van der Waals surface area (Å²) in [4.78, 5) is 0. The minimum absolute atomic E-state index is 0.588. The second-order valence-electron chi connectivity index (χ2n) is 4.87. The van der Waals surface area contributed by atoms with Crippen LogP contribution in [0.1, 0.15) is 55.3 Å². The van der Waals surface area contributed by atoms with Crippen molar-refractivity contribution in [2.45, 2.75) is 51.5 Å². The number of nitrogens with one attached hydrogen (secondary N) is 1. The first-order chi connectivity index (χ1) is 7.85. The third kappa shape index (κ3) is 2.46. The summed E-state index contributed by atoms with van der Waals surface area (Å²) >= 11 is 0. The van der Waals surface area contributed by atoms with E-state index >= 15 is 0 Å². The normalized spacial score (nSPS) is 19.5. The Morgan fingerprint density at radius 1 is 1.38 bits per heavy atom. The minimum atomic E-state index is 0.588. The maximum absolute atomic E-state index is 3.44. The number of unbranched alkanes of at least 4 members (excludes halogenated alkanes) is 1. The lowest BCUT2D eigenvalue weighted by molar-refractivity contribution is 0.496. The molecule has 1 aromatic carbocycles. The molecule has 0 heterocycles. The number of rotatable bonds is 4. The maximum atomic E-state index is 3.44. The monoisotopic (exact) mass is 217 g/mol. The first-order valence-electron chi connectivity index (χ1n) is 6.64. The van der Waals surface area contributed by atoms with Gasteiger partial charge in [0.1, 0.15) is 0 Å². The zero-order chi connectivity index (χ0) is 11.4. The largest absolute Gasteiger partial charge is 0.313 e. The molecule has 0 fully saturated rings. The summed E-state index contributed by atoms with van der Waals surface area (Å²) in [6.07, 6.45) is 7.71. The van der Waals surface area contributed by atoms with Gasteiger partial charge >= 0.3 is 0 Å². The molecular weight excluding hydrogens is 194 g/mol. The van der Waals surface area contributed by atoms with Crippen LogP contribution in [-0.4, -0.2) is 7.05 Å². The molecule has 1 aliphatic carbocycles. The molecule has 16 heavy (non-hydrogen) atoms. The number of fused-ring (bicyclic) bond motifs is 1. The van der Waals surface area contributed by atoms with Gasteiger partial charge in [0.05, 0.1) is 0 Å². The van der Waals surface area contributed by atoms with Crippen LogP contribution in [0.25, 0.3) is 0 Å². The van der Waals surface area contributed by atoms with Crippen molar-refractivity contribution in [2.75, 3.05) is 7.05 Å². The van der Waals surface area contributed by atoms with E-state index in [0.717, 1.165) is 0 Å². The smallest absolute Gasteiger partial charge is 0.0320 e. The fourth-order valence-electron chi connectivity index (χ4n) is 2.68. The van der Waals surface area contributed by atoms with Gasteiger partial charge in [-0.25, -0.2) is 0 Å². The zero-order valence-electron chi connectivity index (χ0n) is 10.6. The Bertz CT molecular complexity index is 343. The lowest BCUT2D eigenvalue weighted by Gasteiger charge is -2.25. The van der Waals surface area contributed by atoms with Crippen molar-refractivity contribution >= 4 is 0 Å². The molecule has 0 spiro atoms. The maximum Gasteiger partial charge on any atom is 0.0320 e. The Hall–Kier alpha value is -0.820. The van der Waals surface area contributed by atoms with E-state index in [1.807, 2.05) is 0 Å². The van der Waals surface area contributed by atoms with Gasteiger partial charge in [-0.2, -0.15) is 0 Å². The molecule has 0 aromatic heterocycles. The van der Waals surface area contributed by atoms with Gasteiger partial charge in [-0.05, 0) is 55.8 Å². The Kier molecular flexibility index (Phi) is 4.00. The Morgan fingerprint density at radius 2 is 2.25 bits per heavy atom. The van der Waals surface area contributed by atoms with Gasteiger partial charge in [-0.15, -0.1) is 0 Å². The molecule has 1 aromatic rings. The van der Waals surface area contributed by atoms with Crippen LogP contribution >= 0.6 is 0 Å². The Balaban J connectivity index is 2.20. The highest BCUT2D eigenvalue weighted by Crippen LogP contribution is 2.30. The lowest BCUT2D eigenvalue weighted by Crippen LogP contribution is -2.21. The molecule has 0 bridgehead atoms. The molecular formula is C15H23N. The number of hydrogen-bond acceptors (Lipinski definition) is 1. The first kappa shape index (κ1) is 11.7. The van der Waals surface area contributed by atoms with E-state index in [-0.39, 0.29) is 0 Å². The lowest BCUT2D eigenvalue weighted by atomic mass is 9.86. The van der Waals surface area contributed by atoms with Crippen molar-refractivity contribution in [3.05, 3.63) is 34.9 Å².